The molecule has 4 N–H and O–H groups in total. The molecule has 0 bridgehead atoms. The zero-order chi connectivity index (χ0) is 20.5. The fourth-order valence-electron chi connectivity index (χ4n) is 1.02. The van der Waals surface area contributed by atoms with Crippen molar-refractivity contribution in [1.82, 2.24) is 9.97 Å². The molecule has 2 heterocycles. The Kier molecular flexibility index (Phi) is 17.8. The molecule has 2 rings (SSSR count). The fourth-order valence-corrected chi connectivity index (χ4v) is 1.02. The summed E-state index contributed by atoms with van der Waals surface area (Å²) in [4.78, 5) is 44.7. The molecular weight excluding hydrogens is 422 g/mol. The van der Waals surface area contributed by atoms with Crippen molar-refractivity contribution in [3.8, 4) is 0 Å². The molecule has 27 heavy (non-hydrogen) atoms. The van der Waals surface area contributed by atoms with Crippen molar-refractivity contribution < 1.29 is 39.2 Å². The van der Waals surface area contributed by atoms with Gasteiger partial charge in [0.05, 0.1) is 21.3 Å². The van der Waals surface area contributed by atoms with Gasteiger partial charge in [0.1, 0.15) is 0 Å². The minimum absolute atomic E-state index is 0. The van der Waals surface area contributed by atoms with Crippen LogP contribution in [0.1, 0.15) is 20.7 Å². The van der Waals surface area contributed by atoms with Crippen molar-refractivity contribution in [2.24, 2.45) is 11.5 Å². The maximum atomic E-state index is 10.4. The summed E-state index contributed by atoms with van der Waals surface area (Å²) in [6.07, 6.45) is 6.05. The summed E-state index contributed by atoms with van der Waals surface area (Å²) in [5.74, 6) is -0.883. The maximum absolute atomic E-state index is 10.4. The van der Waals surface area contributed by atoms with Gasteiger partial charge in [0, 0.05) is 24.8 Å². The van der Waals surface area contributed by atoms with E-state index >= 15 is 0 Å². The summed E-state index contributed by atoms with van der Waals surface area (Å²) >= 11 is 0. The number of rotatable bonds is 2. The van der Waals surface area contributed by atoms with Crippen LogP contribution in [0.4, 0.5) is 0 Å². The van der Waals surface area contributed by atoms with Gasteiger partial charge in [-0.3, -0.25) is 19.6 Å². The number of hydrogen-bond donors (Lipinski definition) is 2. The first-order valence-electron chi connectivity index (χ1n) is 6.10. The van der Waals surface area contributed by atoms with Crippen molar-refractivity contribution in [3.63, 3.8) is 0 Å². The molecule has 0 atom stereocenters. The molecule has 0 radical (unpaired) electrons. The SMILES string of the molecule is NC(=O)c1cccnc1.NC(=O)c1cccnc1.O=[N+]([O-])[O-].O=[N+]([O-])[O-].[Zn+2]. The third-order valence-electron chi connectivity index (χ3n) is 1.89. The van der Waals surface area contributed by atoms with Crippen LogP contribution in [0.5, 0.6) is 0 Å². The Morgan fingerprint density at radius 3 is 1.15 bits per heavy atom. The van der Waals surface area contributed by atoms with E-state index in [9.17, 15) is 9.59 Å². The van der Waals surface area contributed by atoms with Crippen molar-refractivity contribution >= 4 is 11.8 Å². The molecule has 0 aliphatic carbocycles. The molecule has 0 aromatic carbocycles. The first-order valence-corrected chi connectivity index (χ1v) is 6.10. The van der Waals surface area contributed by atoms with Crippen LogP contribution in [0, 0.1) is 30.6 Å². The third-order valence-corrected chi connectivity index (χ3v) is 1.89. The molecule has 15 heteroatoms. The van der Waals surface area contributed by atoms with E-state index < -0.39 is 22.0 Å². The molecule has 0 fully saturated rings. The second-order valence-electron chi connectivity index (χ2n) is 3.66. The Balaban J connectivity index is -0.000000303. The van der Waals surface area contributed by atoms with Crippen molar-refractivity contribution in [3.05, 3.63) is 90.8 Å². The van der Waals surface area contributed by atoms with Gasteiger partial charge >= 0.3 is 19.5 Å². The zero-order valence-corrected chi connectivity index (χ0v) is 16.5. The van der Waals surface area contributed by atoms with E-state index in [0.717, 1.165) is 0 Å². The number of nitrogens with two attached hydrogens (primary N) is 2. The molecule has 0 saturated carbocycles. The molecule has 0 aliphatic heterocycles. The van der Waals surface area contributed by atoms with Gasteiger partial charge in [-0.05, 0) is 24.3 Å². The third kappa shape index (κ3) is 22.3. The summed E-state index contributed by atoms with van der Waals surface area (Å²) in [5, 5.41) is 29.5. The van der Waals surface area contributed by atoms with Gasteiger partial charge in [-0.25, -0.2) is 0 Å². The molecule has 2 amide bonds. The van der Waals surface area contributed by atoms with E-state index in [-0.39, 0.29) is 19.5 Å². The number of carbonyl (C=O) groups excluding carboxylic acids is 2. The number of nitrogens with zero attached hydrogens (tertiary/aromatic N) is 4. The number of primary amides is 2. The Bertz CT molecular complexity index is 634. The number of amides is 2. The minimum atomic E-state index is -1.75. The number of carbonyl (C=O) groups is 2. The van der Waals surface area contributed by atoms with Crippen LogP contribution in [-0.4, -0.2) is 32.0 Å². The van der Waals surface area contributed by atoms with Gasteiger partial charge in [0.2, 0.25) is 11.8 Å². The largest absolute Gasteiger partial charge is 2.00 e. The zero-order valence-electron chi connectivity index (χ0n) is 13.5. The Morgan fingerprint density at radius 1 is 0.778 bits per heavy atom. The van der Waals surface area contributed by atoms with Crippen LogP contribution in [0.15, 0.2) is 49.1 Å². The van der Waals surface area contributed by atoms with E-state index in [1.807, 2.05) is 0 Å². The Morgan fingerprint density at radius 2 is 1.04 bits per heavy atom. The van der Waals surface area contributed by atoms with Gasteiger partial charge in [0.25, 0.3) is 0 Å². The molecule has 0 unspecified atom stereocenters. The van der Waals surface area contributed by atoms with Gasteiger partial charge in [-0.1, -0.05) is 0 Å². The Labute approximate surface area is 163 Å². The van der Waals surface area contributed by atoms with Crippen LogP contribution in [0.3, 0.4) is 0 Å². The van der Waals surface area contributed by atoms with Crippen LogP contribution in [0.25, 0.3) is 0 Å². The molecule has 14 nitrogen and oxygen atoms in total. The minimum Gasteiger partial charge on any atom is -0.366 e. The average Bonchev–Trinajstić information content (AvgIpc) is 2.56. The summed E-state index contributed by atoms with van der Waals surface area (Å²) in [6.45, 7) is 0. The summed E-state index contributed by atoms with van der Waals surface area (Å²) < 4.78 is 0. The van der Waals surface area contributed by atoms with E-state index in [2.05, 4.69) is 9.97 Å². The molecule has 2 aromatic heterocycles. The van der Waals surface area contributed by atoms with Gasteiger partial charge < -0.3 is 42.1 Å². The molecule has 0 saturated heterocycles. The van der Waals surface area contributed by atoms with Gasteiger partial charge in [-0.15, -0.1) is 0 Å². The average molecular weight is 434 g/mol. The van der Waals surface area contributed by atoms with E-state index in [0.29, 0.717) is 11.1 Å². The first kappa shape index (κ1) is 28.1. The molecule has 0 aliphatic rings. The van der Waals surface area contributed by atoms with Gasteiger partial charge in [-0.2, -0.15) is 0 Å². The maximum Gasteiger partial charge on any atom is 2.00 e. The smallest absolute Gasteiger partial charge is 0.366 e. The monoisotopic (exact) mass is 432 g/mol. The van der Waals surface area contributed by atoms with Crippen LogP contribution in [-0.2, 0) is 19.5 Å². The predicted molar refractivity (Wildman–Crippen MR) is 86.2 cm³/mol. The molecule has 140 valence electrons. The second kappa shape index (κ2) is 17.1. The second-order valence-corrected chi connectivity index (χ2v) is 3.66. The first-order chi connectivity index (χ1) is 12.1. The number of aromatic nitrogens is 2. The van der Waals surface area contributed by atoms with E-state index in [1.165, 1.54) is 12.4 Å². The van der Waals surface area contributed by atoms with Crippen molar-refractivity contribution in [2.45, 2.75) is 0 Å². The van der Waals surface area contributed by atoms with E-state index in [4.69, 9.17) is 42.1 Å². The number of hydrogen-bond acceptors (Lipinski definition) is 10. The topological polar surface area (TPSA) is 244 Å². The summed E-state index contributed by atoms with van der Waals surface area (Å²) in [7, 11) is 0. The molecule has 0 spiro atoms. The van der Waals surface area contributed by atoms with Crippen LogP contribution in [0.2, 0.25) is 0 Å². The predicted octanol–water partition coefficient (Wildman–Crippen LogP) is -0.120. The fraction of sp³-hybridized carbons (Fsp3) is 0. The molecular formula is C12H12N6O8Zn. The quantitative estimate of drug-likeness (QED) is 0.360. The number of pyridine rings is 2. The summed E-state index contributed by atoms with van der Waals surface area (Å²) in [6, 6.07) is 6.57. The van der Waals surface area contributed by atoms with Crippen LogP contribution >= 0.6 is 0 Å². The van der Waals surface area contributed by atoms with Crippen molar-refractivity contribution in [1.29, 1.82) is 0 Å². The Hall–Kier alpha value is -3.74. The van der Waals surface area contributed by atoms with Gasteiger partial charge in [0.15, 0.2) is 0 Å². The van der Waals surface area contributed by atoms with Crippen molar-refractivity contribution in [2.75, 3.05) is 0 Å². The molecule has 2 aromatic rings. The summed E-state index contributed by atoms with van der Waals surface area (Å²) in [5.41, 5.74) is 10.8. The van der Waals surface area contributed by atoms with E-state index in [1.54, 1.807) is 36.7 Å². The normalized spacial score (nSPS) is 7.70. The van der Waals surface area contributed by atoms with Crippen LogP contribution < -0.4 is 11.5 Å². The standard InChI is InChI=1S/2C6H6N2O.2NO3.Zn/c2*7-6(9)5-2-1-3-8-4-5;2*2-1(3)4;/h2*1-4H,(H2,7,9);;;/q;;2*-1;+2.